The monoisotopic (exact) mass is 286 g/mol. The lowest BCUT2D eigenvalue weighted by atomic mass is 10.4. The molecule has 112 valence electrons. The van der Waals surface area contributed by atoms with Crippen molar-refractivity contribution in [3.63, 3.8) is 0 Å². The van der Waals surface area contributed by atoms with E-state index in [-0.39, 0.29) is 0 Å². The van der Waals surface area contributed by atoms with Crippen LogP contribution >= 0.6 is 0 Å². The van der Waals surface area contributed by atoms with E-state index in [1.807, 2.05) is 72.8 Å². The van der Waals surface area contributed by atoms with Crippen molar-refractivity contribution in [1.29, 1.82) is 10.5 Å². The summed E-state index contributed by atoms with van der Waals surface area (Å²) in [6.07, 6.45) is 2.75. The van der Waals surface area contributed by atoms with E-state index in [4.69, 9.17) is 20.7 Å². The molecule has 0 amide bonds. The molecule has 2 rings (SSSR count). The van der Waals surface area contributed by atoms with Gasteiger partial charge in [0, 0.05) is 0 Å². The van der Waals surface area contributed by atoms with Crippen molar-refractivity contribution in [2.45, 2.75) is 20.3 Å². The molecule has 0 aliphatic rings. The van der Waals surface area contributed by atoms with E-state index in [2.05, 4.69) is 13.8 Å². The van der Waals surface area contributed by atoms with E-state index >= 15 is 0 Å². The molecule has 0 bridgehead atoms. The minimum Gasteiger partial charge on any atom is -0.443 e. The number of hydrogen-bond donors (Lipinski definition) is 2. The van der Waals surface area contributed by atoms with Crippen LogP contribution in [-0.2, 0) is 0 Å². The number of nitriles is 2. The maximum Gasteiger partial charge on any atom is 0.283 e. The summed E-state index contributed by atoms with van der Waals surface area (Å²) < 4.78 is 0. The molecule has 0 atom stereocenters. The van der Waals surface area contributed by atoms with E-state index in [9.17, 15) is 0 Å². The molecule has 0 radical (unpaired) electrons. The Kier molecular flexibility index (Phi) is 33.3. The van der Waals surface area contributed by atoms with Gasteiger partial charge in [0.05, 0.1) is 0 Å². The summed E-state index contributed by atoms with van der Waals surface area (Å²) in [6, 6.07) is 24.0. The van der Waals surface area contributed by atoms with Gasteiger partial charge in [0.2, 0.25) is 0 Å². The summed E-state index contributed by atoms with van der Waals surface area (Å²) in [5, 5.41) is 27.5. The zero-order chi connectivity index (χ0) is 16.6. The van der Waals surface area contributed by atoms with Crippen molar-refractivity contribution in [3.8, 4) is 12.5 Å². The average Bonchev–Trinajstić information content (AvgIpc) is 2.54. The molecule has 2 aromatic carbocycles. The molecular formula is C17H22N2O2. The Labute approximate surface area is 127 Å². The number of hydrogen-bond acceptors (Lipinski definition) is 4. The zero-order valence-corrected chi connectivity index (χ0v) is 12.4. The van der Waals surface area contributed by atoms with Gasteiger partial charge in [-0.2, -0.15) is 10.5 Å². The number of benzene rings is 2. The van der Waals surface area contributed by atoms with Crippen LogP contribution < -0.4 is 0 Å². The Morgan fingerprint density at radius 3 is 0.667 bits per heavy atom. The molecule has 0 spiro atoms. The molecule has 21 heavy (non-hydrogen) atoms. The van der Waals surface area contributed by atoms with Crippen molar-refractivity contribution >= 4 is 0 Å². The smallest absolute Gasteiger partial charge is 0.283 e. The summed E-state index contributed by atoms with van der Waals surface area (Å²) in [5.74, 6) is 0. The van der Waals surface area contributed by atoms with Crippen LogP contribution in [0.15, 0.2) is 72.8 Å². The minimum absolute atomic E-state index is 0.750. The van der Waals surface area contributed by atoms with Crippen LogP contribution in [0, 0.1) is 23.0 Å². The molecule has 2 N–H and O–H groups in total. The van der Waals surface area contributed by atoms with Crippen LogP contribution in [0.2, 0.25) is 0 Å². The number of aliphatic hydroxyl groups is 2. The third kappa shape index (κ3) is 47.2. The highest BCUT2D eigenvalue weighted by molar-refractivity contribution is 4.99. The third-order valence-electron chi connectivity index (χ3n) is 1.33. The molecular weight excluding hydrogens is 264 g/mol. The second-order valence-corrected chi connectivity index (χ2v) is 3.22. The van der Waals surface area contributed by atoms with Crippen LogP contribution in [0.3, 0.4) is 0 Å². The maximum atomic E-state index is 6.88. The summed E-state index contributed by atoms with van der Waals surface area (Å²) in [4.78, 5) is 0. The summed E-state index contributed by atoms with van der Waals surface area (Å²) in [6.45, 7) is 4.25. The zero-order valence-electron chi connectivity index (χ0n) is 12.4. The highest BCUT2D eigenvalue weighted by Gasteiger charge is 1.58. The van der Waals surface area contributed by atoms with Crippen molar-refractivity contribution < 1.29 is 10.2 Å². The van der Waals surface area contributed by atoms with Crippen molar-refractivity contribution in [3.05, 3.63) is 72.8 Å². The number of aliphatic hydroxyl groups excluding tert-OH is 2. The Balaban J connectivity index is -0.000000204. The predicted octanol–water partition coefficient (Wildman–Crippen LogP) is 4.47. The van der Waals surface area contributed by atoms with E-state index in [1.54, 1.807) is 0 Å². The second-order valence-electron chi connectivity index (χ2n) is 3.22. The molecule has 4 heteroatoms. The number of nitrogens with zero attached hydrogens (tertiary/aromatic N) is 2. The fourth-order valence-electron chi connectivity index (χ4n) is 0.770. The van der Waals surface area contributed by atoms with Gasteiger partial charge in [0.1, 0.15) is 0 Å². The molecule has 2 aromatic rings. The largest absolute Gasteiger partial charge is 0.443 e. The van der Waals surface area contributed by atoms with Gasteiger partial charge < -0.3 is 10.2 Å². The topological polar surface area (TPSA) is 88.0 Å². The Morgan fingerprint density at radius 1 is 0.571 bits per heavy atom. The van der Waals surface area contributed by atoms with Crippen LogP contribution in [0.25, 0.3) is 0 Å². The molecule has 0 aliphatic carbocycles. The first-order chi connectivity index (χ1) is 10.2. The first-order valence-corrected chi connectivity index (χ1v) is 6.31. The molecule has 0 saturated carbocycles. The van der Waals surface area contributed by atoms with Gasteiger partial charge in [-0.25, -0.2) is 0 Å². The molecule has 4 nitrogen and oxygen atoms in total. The van der Waals surface area contributed by atoms with Crippen molar-refractivity contribution in [2.75, 3.05) is 0 Å². The SMILES string of the molecule is CCC.N#CO.N#CO.c1ccccc1.c1ccccc1. The van der Waals surface area contributed by atoms with Gasteiger partial charge >= 0.3 is 0 Å². The van der Waals surface area contributed by atoms with Gasteiger partial charge in [-0.05, 0) is 0 Å². The summed E-state index contributed by atoms with van der Waals surface area (Å²) in [7, 11) is 0. The fourth-order valence-corrected chi connectivity index (χ4v) is 0.770. The number of rotatable bonds is 0. The third-order valence-corrected chi connectivity index (χ3v) is 1.33. The predicted molar refractivity (Wildman–Crippen MR) is 83.9 cm³/mol. The molecule has 0 heterocycles. The first kappa shape index (κ1) is 23.1. The lowest BCUT2D eigenvalue weighted by molar-refractivity contribution is 0.502. The quantitative estimate of drug-likeness (QED) is 0.699. The highest BCUT2D eigenvalue weighted by atomic mass is 16.2. The fraction of sp³-hybridized carbons (Fsp3) is 0.176. The van der Waals surface area contributed by atoms with Gasteiger partial charge in [0.25, 0.3) is 12.5 Å². The second kappa shape index (κ2) is 30.2. The summed E-state index contributed by atoms with van der Waals surface area (Å²) >= 11 is 0. The Hall–Kier alpha value is -2.98. The Bertz CT molecular complexity index is 337. The molecule has 0 fully saturated rings. The van der Waals surface area contributed by atoms with Gasteiger partial charge in [-0.15, -0.1) is 0 Å². The molecule has 0 aliphatic heterocycles. The van der Waals surface area contributed by atoms with Crippen LogP contribution in [0.1, 0.15) is 20.3 Å². The van der Waals surface area contributed by atoms with Crippen LogP contribution in [0.4, 0.5) is 0 Å². The standard InChI is InChI=1S/2C6H6.C3H8.2CHNO/c2*1-2-4-6-5-3-1;1-3-2;2*2-1-3/h2*1-6H;3H2,1-2H3;2*3H. The van der Waals surface area contributed by atoms with Gasteiger partial charge in [0.15, 0.2) is 0 Å². The van der Waals surface area contributed by atoms with Crippen LogP contribution in [-0.4, -0.2) is 10.2 Å². The lowest BCUT2D eigenvalue weighted by Crippen LogP contribution is -1.47. The Morgan fingerprint density at radius 2 is 0.619 bits per heavy atom. The van der Waals surface area contributed by atoms with E-state index in [0.717, 1.165) is 12.5 Å². The van der Waals surface area contributed by atoms with E-state index < -0.39 is 0 Å². The van der Waals surface area contributed by atoms with Crippen LogP contribution in [0.5, 0.6) is 0 Å². The highest BCUT2D eigenvalue weighted by Crippen LogP contribution is 1.80. The van der Waals surface area contributed by atoms with Gasteiger partial charge in [-0.3, -0.25) is 0 Å². The van der Waals surface area contributed by atoms with Crippen molar-refractivity contribution in [2.24, 2.45) is 0 Å². The molecule has 0 aromatic heterocycles. The first-order valence-electron chi connectivity index (χ1n) is 6.31. The average molecular weight is 286 g/mol. The molecule has 0 saturated heterocycles. The molecule has 0 unspecified atom stereocenters. The van der Waals surface area contributed by atoms with Crippen molar-refractivity contribution in [1.82, 2.24) is 0 Å². The normalized spacial score (nSPS) is 6.10. The lowest BCUT2D eigenvalue weighted by Gasteiger charge is -1.69. The minimum atomic E-state index is 0.750. The van der Waals surface area contributed by atoms with Gasteiger partial charge in [-0.1, -0.05) is 93.1 Å². The van der Waals surface area contributed by atoms with E-state index in [1.165, 1.54) is 6.42 Å². The van der Waals surface area contributed by atoms with E-state index in [0.29, 0.717) is 0 Å². The maximum absolute atomic E-state index is 6.88. The summed E-state index contributed by atoms with van der Waals surface area (Å²) in [5.41, 5.74) is 0.